The average Bonchev–Trinajstić information content (AvgIpc) is 2.36. The van der Waals surface area contributed by atoms with Crippen LogP contribution >= 0.6 is 11.8 Å². The number of fused-ring (bicyclic) bond motifs is 1. The Labute approximate surface area is 116 Å². The molecule has 0 aliphatic rings. The highest BCUT2D eigenvalue weighted by Crippen LogP contribution is 2.31. The van der Waals surface area contributed by atoms with Gasteiger partial charge < -0.3 is 4.98 Å². The lowest BCUT2D eigenvalue weighted by Crippen LogP contribution is -2.17. The number of carbonyl (C=O) groups is 1. The largest absolute Gasteiger partial charge is 0.416 e. The lowest BCUT2D eigenvalue weighted by molar-refractivity contribution is -0.137. The van der Waals surface area contributed by atoms with Crippen LogP contribution in [0.25, 0.3) is 10.9 Å². The van der Waals surface area contributed by atoms with Crippen LogP contribution in [-0.4, -0.2) is 17.0 Å². The molecular weight excluding hydrogens is 291 g/mol. The summed E-state index contributed by atoms with van der Waals surface area (Å²) in [6.07, 6.45) is -2.85. The first kappa shape index (κ1) is 14.6. The fraction of sp³-hybridized carbons (Fsp3) is 0.231. The van der Waals surface area contributed by atoms with Gasteiger partial charge in [-0.2, -0.15) is 13.2 Å². The molecule has 0 bridgehead atoms. The molecule has 0 spiro atoms. The summed E-state index contributed by atoms with van der Waals surface area (Å²) in [4.78, 5) is 26.4. The van der Waals surface area contributed by atoms with Crippen LogP contribution in [0.5, 0.6) is 0 Å². The molecule has 1 aromatic carbocycles. The van der Waals surface area contributed by atoms with E-state index in [9.17, 15) is 22.8 Å². The van der Waals surface area contributed by atoms with Crippen LogP contribution in [0.1, 0.15) is 22.8 Å². The molecule has 3 nitrogen and oxygen atoms in total. The van der Waals surface area contributed by atoms with Crippen molar-refractivity contribution in [3.05, 3.63) is 39.5 Å². The summed E-state index contributed by atoms with van der Waals surface area (Å²) in [6.45, 7) is 1.25. The molecule has 0 radical (unpaired) electrons. The topological polar surface area (TPSA) is 49.9 Å². The van der Waals surface area contributed by atoms with E-state index in [0.29, 0.717) is 0 Å². The first-order valence-electron chi connectivity index (χ1n) is 5.58. The summed E-state index contributed by atoms with van der Waals surface area (Å²) in [5.41, 5.74) is -1.35. The third kappa shape index (κ3) is 2.45. The van der Waals surface area contributed by atoms with Crippen LogP contribution < -0.4 is 5.43 Å². The Morgan fingerprint density at radius 1 is 1.30 bits per heavy atom. The molecule has 0 amide bonds. The van der Waals surface area contributed by atoms with Gasteiger partial charge in [-0.15, -0.1) is 11.8 Å². The molecule has 1 heterocycles. The Balaban J connectivity index is 2.83. The molecule has 1 N–H and O–H groups in total. The normalized spacial score (nSPS) is 11.8. The molecule has 106 valence electrons. The van der Waals surface area contributed by atoms with Crippen molar-refractivity contribution in [2.75, 3.05) is 6.26 Å². The highest BCUT2D eigenvalue weighted by atomic mass is 32.2. The molecular formula is C13H10F3NO2S. The van der Waals surface area contributed by atoms with Crippen molar-refractivity contribution in [1.29, 1.82) is 0 Å². The second kappa shape index (κ2) is 4.97. The zero-order valence-electron chi connectivity index (χ0n) is 10.6. The highest BCUT2D eigenvalue weighted by Gasteiger charge is 2.31. The number of alkyl halides is 3. The predicted molar refractivity (Wildman–Crippen MR) is 71.4 cm³/mol. The molecule has 7 heteroatoms. The first-order chi connectivity index (χ1) is 9.25. The van der Waals surface area contributed by atoms with Crippen LogP contribution in [0, 0.1) is 0 Å². The SMILES string of the molecule is CSc1[nH]c2cc(C(F)(F)F)ccc2c(=O)c1C(C)=O. The highest BCUT2D eigenvalue weighted by molar-refractivity contribution is 7.98. The fourth-order valence-corrected chi connectivity index (χ4v) is 2.57. The number of thioether (sulfide) groups is 1. The summed E-state index contributed by atoms with van der Waals surface area (Å²) >= 11 is 1.11. The quantitative estimate of drug-likeness (QED) is 0.682. The third-order valence-electron chi connectivity index (χ3n) is 2.85. The number of H-pyrrole nitrogens is 1. The summed E-state index contributed by atoms with van der Waals surface area (Å²) < 4.78 is 38.0. The number of rotatable bonds is 2. The first-order valence-corrected chi connectivity index (χ1v) is 6.80. The Bertz CT molecular complexity index is 750. The average molecular weight is 301 g/mol. The molecule has 0 unspecified atom stereocenters. The van der Waals surface area contributed by atoms with Crippen molar-refractivity contribution in [2.45, 2.75) is 18.1 Å². The minimum atomic E-state index is -4.48. The van der Waals surface area contributed by atoms with Crippen molar-refractivity contribution in [1.82, 2.24) is 4.98 Å². The molecule has 20 heavy (non-hydrogen) atoms. The molecule has 2 aromatic rings. The second-order valence-electron chi connectivity index (χ2n) is 4.18. The van der Waals surface area contributed by atoms with Crippen LogP contribution in [0.4, 0.5) is 13.2 Å². The zero-order valence-corrected chi connectivity index (χ0v) is 11.4. The number of nitrogens with one attached hydrogen (secondary N) is 1. The molecule has 0 aliphatic carbocycles. The van der Waals surface area contributed by atoms with Crippen LogP contribution in [0.3, 0.4) is 0 Å². The smallest absolute Gasteiger partial charge is 0.349 e. The van der Waals surface area contributed by atoms with Crippen molar-refractivity contribution in [3.8, 4) is 0 Å². The minimum absolute atomic E-state index is 0.0234. The van der Waals surface area contributed by atoms with Crippen molar-refractivity contribution in [2.24, 2.45) is 0 Å². The van der Waals surface area contributed by atoms with Gasteiger partial charge >= 0.3 is 6.18 Å². The van der Waals surface area contributed by atoms with E-state index in [4.69, 9.17) is 0 Å². The number of carbonyl (C=O) groups excluding carboxylic acids is 1. The maximum atomic E-state index is 12.7. The van der Waals surface area contributed by atoms with E-state index < -0.39 is 23.0 Å². The molecule has 1 aromatic heterocycles. The molecule has 2 rings (SSSR count). The number of pyridine rings is 1. The monoisotopic (exact) mass is 301 g/mol. The van der Waals surface area contributed by atoms with Gasteiger partial charge in [-0.1, -0.05) is 0 Å². The molecule has 0 aliphatic heterocycles. The molecule has 0 atom stereocenters. The van der Waals surface area contributed by atoms with Crippen LogP contribution in [0.15, 0.2) is 28.0 Å². The van der Waals surface area contributed by atoms with Crippen molar-refractivity contribution in [3.63, 3.8) is 0 Å². The van der Waals surface area contributed by atoms with Gasteiger partial charge in [-0.25, -0.2) is 0 Å². The molecule has 0 fully saturated rings. The Hall–Kier alpha value is -1.76. The third-order valence-corrected chi connectivity index (χ3v) is 3.56. The van der Waals surface area contributed by atoms with Gasteiger partial charge in [0.05, 0.1) is 21.7 Å². The maximum absolute atomic E-state index is 12.7. The number of hydrogen-bond acceptors (Lipinski definition) is 3. The number of halogens is 3. The number of aromatic amines is 1. The lowest BCUT2D eigenvalue weighted by Gasteiger charge is -2.10. The number of ketones is 1. The van der Waals surface area contributed by atoms with E-state index >= 15 is 0 Å². The standard InChI is InChI=1S/C13H10F3NO2S/c1-6(18)10-11(19)8-4-3-7(13(14,15)16)5-9(8)17-12(10)20-2/h3-5H,1-2H3,(H,17,19). The van der Waals surface area contributed by atoms with Crippen LogP contribution in [0.2, 0.25) is 0 Å². The maximum Gasteiger partial charge on any atom is 0.416 e. The van der Waals surface area contributed by atoms with Crippen LogP contribution in [-0.2, 0) is 6.18 Å². The number of aromatic nitrogens is 1. The Kier molecular flexibility index (Phi) is 3.64. The Morgan fingerprint density at radius 2 is 1.95 bits per heavy atom. The lowest BCUT2D eigenvalue weighted by atomic mass is 10.1. The summed E-state index contributed by atoms with van der Waals surface area (Å²) in [7, 11) is 0. The summed E-state index contributed by atoms with van der Waals surface area (Å²) in [5, 5.41) is 0.343. The van der Waals surface area contributed by atoms with E-state index in [1.54, 1.807) is 6.26 Å². The zero-order chi connectivity index (χ0) is 15.1. The minimum Gasteiger partial charge on any atom is -0.349 e. The van der Waals surface area contributed by atoms with E-state index in [1.165, 1.54) is 6.92 Å². The number of hydrogen-bond donors (Lipinski definition) is 1. The Morgan fingerprint density at radius 3 is 2.45 bits per heavy atom. The van der Waals surface area contributed by atoms with Gasteiger partial charge in [0.15, 0.2) is 5.78 Å². The van der Waals surface area contributed by atoms with Gasteiger partial charge in [-0.05, 0) is 31.4 Å². The van der Waals surface area contributed by atoms with Crippen molar-refractivity contribution < 1.29 is 18.0 Å². The molecule has 0 saturated heterocycles. The fourth-order valence-electron chi connectivity index (χ4n) is 1.92. The number of Topliss-reactive ketones (excluding diaryl/α,β-unsaturated/α-hetero) is 1. The number of benzene rings is 1. The van der Waals surface area contributed by atoms with Gasteiger partial charge in [0.1, 0.15) is 0 Å². The van der Waals surface area contributed by atoms with Gasteiger partial charge in [0, 0.05) is 5.39 Å². The van der Waals surface area contributed by atoms with E-state index in [0.717, 1.165) is 30.0 Å². The van der Waals surface area contributed by atoms with Gasteiger partial charge in [-0.3, -0.25) is 9.59 Å². The summed E-state index contributed by atoms with van der Waals surface area (Å²) in [6, 6.07) is 2.80. The van der Waals surface area contributed by atoms with E-state index in [2.05, 4.69) is 4.98 Å². The van der Waals surface area contributed by atoms with E-state index in [-0.39, 0.29) is 21.5 Å². The second-order valence-corrected chi connectivity index (χ2v) is 4.99. The van der Waals surface area contributed by atoms with Gasteiger partial charge in [0.2, 0.25) is 5.43 Å². The predicted octanol–water partition coefficient (Wildman–Crippen LogP) is 3.47. The van der Waals surface area contributed by atoms with Crippen molar-refractivity contribution >= 4 is 28.4 Å². The van der Waals surface area contributed by atoms with Gasteiger partial charge in [0.25, 0.3) is 0 Å². The van der Waals surface area contributed by atoms with E-state index in [1.807, 2.05) is 0 Å². The molecule has 0 saturated carbocycles. The summed E-state index contributed by atoms with van der Waals surface area (Å²) in [5.74, 6) is -0.419.